The number of nitrogen functional groups attached to an aromatic ring is 1. The Morgan fingerprint density at radius 1 is 1.32 bits per heavy atom. The lowest BCUT2D eigenvalue weighted by atomic mass is 10.1. The number of rotatable bonds is 5. The number of aryl methyl sites for hydroxylation is 1. The number of nitrogens with two attached hydrogens (primary N) is 1. The van der Waals surface area contributed by atoms with Gasteiger partial charge in [-0.15, -0.1) is 0 Å². The smallest absolute Gasteiger partial charge is 0.240 e. The van der Waals surface area contributed by atoms with Crippen LogP contribution in [-0.4, -0.2) is 40.0 Å². The lowest BCUT2D eigenvalue weighted by Gasteiger charge is -2.19. The summed E-state index contributed by atoms with van der Waals surface area (Å²) >= 11 is 0. The molecule has 0 heterocycles. The van der Waals surface area contributed by atoms with Crippen molar-refractivity contribution in [2.45, 2.75) is 31.7 Å². The first kappa shape index (κ1) is 15.9. The summed E-state index contributed by atoms with van der Waals surface area (Å²) in [6, 6.07) is 2.99. The highest BCUT2D eigenvalue weighted by molar-refractivity contribution is 7.89. The van der Waals surface area contributed by atoms with Gasteiger partial charge in [-0.1, -0.05) is 0 Å². The lowest BCUT2D eigenvalue weighted by Crippen LogP contribution is -2.39. The number of hydrogen-bond donors (Lipinski definition) is 2. The van der Waals surface area contributed by atoms with Gasteiger partial charge in [0.05, 0.1) is 4.90 Å². The molecule has 0 spiro atoms. The molecule has 1 aromatic carbocycles. The summed E-state index contributed by atoms with van der Waals surface area (Å²) in [4.78, 5) is 2.15. The highest BCUT2D eigenvalue weighted by Gasteiger charge is 2.19. The molecule has 19 heavy (non-hydrogen) atoms. The van der Waals surface area contributed by atoms with Crippen LogP contribution in [0.15, 0.2) is 17.0 Å². The van der Waals surface area contributed by atoms with E-state index in [1.54, 1.807) is 6.07 Å². The molecule has 0 fully saturated rings. The molecule has 1 rings (SSSR count). The quantitative estimate of drug-likeness (QED) is 0.795. The second-order valence-corrected chi connectivity index (χ2v) is 6.95. The van der Waals surface area contributed by atoms with Crippen LogP contribution in [0, 0.1) is 13.8 Å². The molecule has 108 valence electrons. The van der Waals surface area contributed by atoms with Crippen LogP contribution in [0.4, 0.5) is 5.69 Å². The van der Waals surface area contributed by atoms with Crippen molar-refractivity contribution < 1.29 is 8.42 Å². The fraction of sp³-hybridized carbons (Fsp3) is 0.538. The highest BCUT2D eigenvalue weighted by Crippen LogP contribution is 2.21. The first-order chi connectivity index (χ1) is 8.63. The molecule has 1 aromatic rings. The van der Waals surface area contributed by atoms with Crippen LogP contribution in [0.1, 0.15) is 18.1 Å². The van der Waals surface area contributed by atoms with E-state index in [1.165, 1.54) is 6.07 Å². The van der Waals surface area contributed by atoms with E-state index in [2.05, 4.69) is 4.72 Å². The number of likely N-dealkylation sites (N-methyl/N-ethyl adjacent to an activating group) is 1. The number of nitrogens with one attached hydrogen (secondary N) is 1. The fourth-order valence-electron chi connectivity index (χ4n) is 1.93. The van der Waals surface area contributed by atoms with Crippen LogP contribution < -0.4 is 10.5 Å². The Balaban J connectivity index is 3.01. The van der Waals surface area contributed by atoms with E-state index in [0.29, 0.717) is 12.2 Å². The van der Waals surface area contributed by atoms with Crippen molar-refractivity contribution >= 4 is 15.7 Å². The minimum Gasteiger partial charge on any atom is -0.398 e. The maximum atomic E-state index is 12.3. The third-order valence-electron chi connectivity index (χ3n) is 2.99. The molecule has 1 atom stereocenters. The molecule has 0 saturated heterocycles. The third kappa shape index (κ3) is 4.19. The van der Waals surface area contributed by atoms with Gasteiger partial charge < -0.3 is 10.6 Å². The number of hydrogen-bond acceptors (Lipinski definition) is 4. The summed E-state index contributed by atoms with van der Waals surface area (Å²) in [5, 5.41) is 0. The van der Waals surface area contributed by atoms with Gasteiger partial charge in [0, 0.05) is 18.3 Å². The van der Waals surface area contributed by atoms with Gasteiger partial charge in [-0.2, -0.15) is 0 Å². The third-order valence-corrected chi connectivity index (χ3v) is 4.56. The van der Waals surface area contributed by atoms with Crippen molar-refractivity contribution in [1.29, 1.82) is 0 Å². The molecule has 0 amide bonds. The summed E-state index contributed by atoms with van der Waals surface area (Å²) in [6.07, 6.45) is 0. The number of nitrogens with zero attached hydrogens (tertiary/aromatic N) is 1. The minimum absolute atomic E-state index is 0.164. The van der Waals surface area contributed by atoms with E-state index < -0.39 is 10.0 Å². The molecule has 0 aromatic heterocycles. The van der Waals surface area contributed by atoms with Gasteiger partial charge in [-0.05, 0) is 58.1 Å². The van der Waals surface area contributed by atoms with Crippen molar-refractivity contribution in [3.05, 3.63) is 23.3 Å². The molecule has 5 nitrogen and oxygen atoms in total. The SMILES string of the molecule is Cc1cc(S(=O)(=O)NC(C)CN(C)C)cc(N)c1C. The molecular weight excluding hydrogens is 262 g/mol. The normalized spacial score (nSPS) is 13.8. The first-order valence-corrected chi connectivity index (χ1v) is 7.65. The van der Waals surface area contributed by atoms with Crippen molar-refractivity contribution in [2.75, 3.05) is 26.4 Å². The van der Waals surface area contributed by atoms with Crippen LogP contribution >= 0.6 is 0 Å². The zero-order valence-corrected chi connectivity index (χ0v) is 13.0. The Morgan fingerprint density at radius 3 is 2.37 bits per heavy atom. The molecule has 1 unspecified atom stereocenters. The second-order valence-electron chi connectivity index (χ2n) is 5.24. The summed E-state index contributed by atoms with van der Waals surface area (Å²) < 4.78 is 27.2. The second kappa shape index (κ2) is 5.90. The standard InChI is InChI=1S/C13H23N3O2S/c1-9-6-12(7-13(14)11(9)3)19(17,18)15-10(2)8-16(4)5/h6-7,10,15H,8,14H2,1-5H3. The summed E-state index contributed by atoms with van der Waals surface area (Å²) in [5.74, 6) is 0. The Morgan fingerprint density at radius 2 is 1.89 bits per heavy atom. The number of sulfonamides is 1. The van der Waals surface area contributed by atoms with Gasteiger partial charge >= 0.3 is 0 Å². The van der Waals surface area contributed by atoms with Gasteiger partial charge in [0.1, 0.15) is 0 Å². The van der Waals surface area contributed by atoms with Crippen LogP contribution in [0.5, 0.6) is 0 Å². The molecular formula is C13H23N3O2S. The summed E-state index contributed by atoms with van der Waals surface area (Å²) in [7, 11) is 0.280. The maximum Gasteiger partial charge on any atom is 0.240 e. The number of anilines is 1. The zero-order valence-electron chi connectivity index (χ0n) is 12.2. The van der Waals surface area contributed by atoms with E-state index in [-0.39, 0.29) is 10.9 Å². The number of benzene rings is 1. The van der Waals surface area contributed by atoms with Gasteiger partial charge in [0.25, 0.3) is 0 Å². The Kier molecular flexibility index (Phi) is 4.95. The highest BCUT2D eigenvalue weighted by atomic mass is 32.2. The molecule has 0 saturated carbocycles. The van der Waals surface area contributed by atoms with Crippen molar-refractivity contribution in [2.24, 2.45) is 0 Å². The molecule has 0 radical (unpaired) electrons. The zero-order chi connectivity index (χ0) is 14.8. The first-order valence-electron chi connectivity index (χ1n) is 6.17. The molecule has 3 N–H and O–H groups in total. The van der Waals surface area contributed by atoms with Crippen molar-refractivity contribution in [1.82, 2.24) is 9.62 Å². The average molecular weight is 285 g/mol. The van der Waals surface area contributed by atoms with Crippen LogP contribution in [-0.2, 0) is 10.0 Å². The molecule has 0 aliphatic rings. The van der Waals surface area contributed by atoms with E-state index in [4.69, 9.17) is 5.73 Å². The predicted octanol–water partition coefficient (Wildman–Crippen LogP) is 1.11. The topological polar surface area (TPSA) is 75.4 Å². The fourth-order valence-corrected chi connectivity index (χ4v) is 3.28. The van der Waals surface area contributed by atoms with Crippen LogP contribution in [0.2, 0.25) is 0 Å². The summed E-state index contributed by atoms with van der Waals surface area (Å²) in [5.41, 5.74) is 8.12. The Labute approximate surface area is 115 Å². The van der Waals surface area contributed by atoms with Crippen molar-refractivity contribution in [3.63, 3.8) is 0 Å². The maximum absolute atomic E-state index is 12.3. The molecule has 0 bridgehead atoms. The molecule has 0 aliphatic carbocycles. The van der Waals surface area contributed by atoms with Gasteiger partial charge in [0.2, 0.25) is 10.0 Å². The van der Waals surface area contributed by atoms with E-state index in [0.717, 1.165) is 11.1 Å². The molecule has 0 aliphatic heterocycles. The summed E-state index contributed by atoms with van der Waals surface area (Å²) in [6.45, 7) is 6.21. The van der Waals surface area contributed by atoms with E-state index in [9.17, 15) is 8.42 Å². The van der Waals surface area contributed by atoms with Gasteiger partial charge in [-0.25, -0.2) is 13.1 Å². The lowest BCUT2D eigenvalue weighted by molar-refractivity contribution is 0.370. The van der Waals surface area contributed by atoms with Crippen LogP contribution in [0.3, 0.4) is 0 Å². The molecule has 6 heteroatoms. The van der Waals surface area contributed by atoms with Gasteiger partial charge in [-0.3, -0.25) is 0 Å². The monoisotopic (exact) mass is 285 g/mol. The van der Waals surface area contributed by atoms with E-state index in [1.807, 2.05) is 39.8 Å². The minimum atomic E-state index is -3.52. The van der Waals surface area contributed by atoms with Crippen molar-refractivity contribution in [3.8, 4) is 0 Å². The van der Waals surface area contributed by atoms with Crippen LogP contribution in [0.25, 0.3) is 0 Å². The average Bonchev–Trinajstić information content (AvgIpc) is 2.22. The predicted molar refractivity (Wildman–Crippen MR) is 78.7 cm³/mol. The Hall–Kier alpha value is -1.11. The van der Waals surface area contributed by atoms with Gasteiger partial charge in [0.15, 0.2) is 0 Å². The van der Waals surface area contributed by atoms with E-state index >= 15 is 0 Å². The Bertz CT molecular complexity index is 530. The largest absolute Gasteiger partial charge is 0.398 e.